The van der Waals surface area contributed by atoms with Crippen LogP contribution in [0.15, 0.2) is 18.2 Å². The summed E-state index contributed by atoms with van der Waals surface area (Å²) in [5.74, 6) is 0.748. The van der Waals surface area contributed by atoms with Crippen molar-refractivity contribution in [3.8, 4) is 5.75 Å². The molecule has 4 heteroatoms. The molecule has 0 spiro atoms. The number of aliphatic hydroxyl groups excluding tert-OH is 1. The van der Waals surface area contributed by atoms with E-state index in [-0.39, 0.29) is 6.10 Å². The van der Waals surface area contributed by atoms with Crippen molar-refractivity contribution in [2.24, 2.45) is 0 Å². The molecule has 1 aromatic carbocycles. The zero-order valence-corrected chi connectivity index (χ0v) is 9.86. The lowest BCUT2D eigenvalue weighted by molar-refractivity contribution is 0.183. The molecule has 0 amide bonds. The fourth-order valence-corrected chi connectivity index (χ4v) is 1.47. The molecule has 1 rings (SSSR count). The fraction of sp³-hybridized carbons (Fsp3) is 0.500. The van der Waals surface area contributed by atoms with Crippen molar-refractivity contribution in [1.82, 2.24) is 0 Å². The van der Waals surface area contributed by atoms with Crippen molar-refractivity contribution in [2.45, 2.75) is 25.9 Å². The van der Waals surface area contributed by atoms with Crippen LogP contribution < -0.4 is 15.8 Å². The maximum absolute atomic E-state index is 9.11. The average molecular weight is 224 g/mol. The number of benzene rings is 1. The molecule has 0 aliphatic rings. The second kappa shape index (κ2) is 6.23. The summed E-state index contributed by atoms with van der Waals surface area (Å²) in [6.07, 6.45) is 1.48. The van der Waals surface area contributed by atoms with Gasteiger partial charge >= 0.3 is 0 Å². The fourth-order valence-electron chi connectivity index (χ4n) is 1.47. The summed E-state index contributed by atoms with van der Waals surface area (Å²) in [5, 5.41) is 12.4. The number of methoxy groups -OCH3 is 1. The number of nitrogens with two attached hydrogens (primary N) is 1. The molecule has 0 saturated heterocycles. The molecular weight excluding hydrogens is 204 g/mol. The quantitative estimate of drug-likeness (QED) is 0.509. The topological polar surface area (TPSA) is 67.5 Å². The first-order valence-electron chi connectivity index (χ1n) is 5.48. The minimum Gasteiger partial charge on any atom is -0.497 e. The van der Waals surface area contributed by atoms with E-state index >= 15 is 0 Å². The number of anilines is 2. The molecule has 1 aromatic rings. The molecule has 0 aliphatic heterocycles. The monoisotopic (exact) mass is 224 g/mol. The normalized spacial score (nSPS) is 12.2. The molecule has 0 aliphatic carbocycles. The number of nitrogen functional groups attached to an aromatic ring is 1. The third kappa shape index (κ3) is 4.40. The number of ether oxygens (including phenoxy) is 1. The Labute approximate surface area is 96.4 Å². The highest BCUT2D eigenvalue weighted by atomic mass is 16.5. The average Bonchev–Trinajstić information content (AvgIpc) is 2.23. The molecule has 0 radical (unpaired) electrons. The first-order valence-corrected chi connectivity index (χ1v) is 5.48. The highest BCUT2D eigenvalue weighted by Gasteiger charge is 1.99. The zero-order chi connectivity index (χ0) is 12.0. The largest absolute Gasteiger partial charge is 0.497 e. The minimum atomic E-state index is -0.239. The first kappa shape index (κ1) is 12.6. The standard InChI is InChI=1S/C12H20N2O2/c1-9(15)4-3-5-14-11-6-10(13)7-12(8-11)16-2/h6-9,14-15H,3-5,13H2,1-2H3. The van der Waals surface area contributed by atoms with Crippen LogP contribution in [0.1, 0.15) is 19.8 Å². The Bertz CT molecular complexity index is 327. The molecule has 1 atom stereocenters. The van der Waals surface area contributed by atoms with Crippen LogP contribution in [0.3, 0.4) is 0 Å². The summed E-state index contributed by atoms with van der Waals surface area (Å²) in [6, 6.07) is 5.55. The van der Waals surface area contributed by atoms with Crippen LogP contribution in [-0.4, -0.2) is 24.9 Å². The van der Waals surface area contributed by atoms with Gasteiger partial charge in [-0.1, -0.05) is 0 Å². The van der Waals surface area contributed by atoms with Crippen LogP contribution in [0.25, 0.3) is 0 Å². The maximum atomic E-state index is 9.11. The number of hydrogen-bond acceptors (Lipinski definition) is 4. The Kier molecular flexibility index (Phi) is 4.92. The van der Waals surface area contributed by atoms with Gasteiger partial charge in [-0.05, 0) is 25.8 Å². The lowest BCUT2D eigenvalue weighted by Crippen LogP contribution is -2.06. The summed E-state index contributed by atoms with van der Waals surface area (Å²) < 4.78 is 5.12. The third-order valence-corrected chi connectivity index (χ3v) is 2.29. The van der Waals surface area contributed by atoms with Crippen LogP contribution in [-0.2, 0) is 0 Å². The zero-order valence-electron chi connectivity index (χ0n) is 9.86. The van der Waals surface area contributed by atoms with Gasteiger partial charge in [0.1, 0.15) is 5.75 Å². The third-order valence-electron chi connectivity index (χ3n) is 2.29. The van der Waals surface area contributed by atoms with Gasteiger partial charge in [-0.15, -0.1) is 0 Å². The van der Waals surface area contributed by atoms with Gasteiger partial charge in [0.25, 0.3) is 0 Å². The van der Waals surface area contributed by atoms with E-state index < -0.39 is 0 Å². The number of nitrogens with one attached hydrogen (secondary N) is 1. The molecule has 0 aromatic heterocycles. The molecule has 16 heavy (non-hydrogen) atoms. The molecule has 0 heterocycles. The summed E-state index contributed by atoms with van der Waals surface area (Å²) in [7, 11) is 1.62. The summed E-state index contributed by atoms with van der Waals surface area (Å²) in [4.78, 5) is 0. The molecular formula is C12H20N2O2. The van der Waals surface area contributed by atoms with Crippen LogP contribution >= 0.6 is 0 Å². The lowest BCUT2D eigenvalue weighted by Gasteiger charge is -2.10. The van der Waals surface area contributed by atoms with E-state index in [1.54, 1.807) is 20.1 Å². The van der Waals surface area contributed by atoms with Crippen LogP contribution in [0.2, 0.25) is 0 Å². The summed E-state index contributed by atoms with van der Waals surface area (Å²) in [6.45, 7) is 2.61. The minimum absolute atomic E-state index is 0.239. The Balaban J connectivity index is 2.44. The lowest BCUT2D eigenvalue weighted by atomic mass is 10.2. The van der Waals surface area contributed by atoms with Gasteiger partial charge < -0.3 is 20.9 Å². The van der Waals surface area contributed by atoms with E-state index in [0.717, 1.165) is 30.8 Å². The van der Waals surface area contributed by atoms with Crippen molar-refractivity contribution >= 4 is 11.4 Å². The van der Waals surface area contributed by atoms with Crippen molar-refractivity contribution < 1.29 is 9.84 Å². The second-order valence-electron chi connectivity index (χ2n) is 3.91. The van der Waals surface area contributed by atoms with Crippen LogP contribution in [0.5, 0.6) is 5.75 Å². The van der Waals surface area contributed by atoms with E-state index in [1.165, 1.54) is 0 Å². The van der Waals surface area contributed by atoms with E-state index in [2.05, 4.69) is 5.32 Å². The van der Waals surface area contributed by atoms with Crippen molar-refractivity contribution in [2.75, 3.05) is 24.7 Å². The molecule has 0 bridgehead atoms. The van der Waals surface area contributed by atoms with Crippen molar-refractivity contribution in [3.05, 3.63) is 18.2 Å². The highest BCUT2D eigenvalue weighted by molar-refractivity contribution is 5.59. The Morgan fingerprint density at radius 1 is 1.44 bits per heavy atom. The predicted molar refractivity (Wildman–Crippen MR) is 66.8 cm³/mol. The number of aliphatic hydroxyl groups is 1. The SMILES string of the molecule is COc1cc(N)cc(NCCCC(C)O)c1. The van der Waals surface area contributed by atoms with E-state index in [9.17, 15) is 0 Å². The Morgan fingerprint density at radius 2 is 2.19 bits per heavy atom. The molecule has 0 saturated carbocycles. The van der Waals surface area contributed by atoms with E-state index in [4.69, 9.17) is 15.6 Å². The van der Waals surface area contributed by atoms with Crippen LogP contribution in [0.4, 0.5) is 11.4 Å². The van der Waals surface area contributed by atoms with Crippen LogP contribution in [0, 0.1) is 0 Å². The van der Waals surface area contributed by atoms with Gasteiger partial charge in [0, 0.05) is 30.1 Å². The smallest absolute Gasteiger partial charge is 0.122 e. The van der Waals surface area contributed by atoms with Gasteiger partial charge in [-0.2, -0.15) is 0 Å². The molecule has 90 valence electrons. The van der Waals surface area contributed by atoms with Gasteiger partial charge in [-0.3, -0.25) is 0 Å². The number of hydrogen-bond donors (Lipinski definition) is 3. The van der Waals surface area contributed by atoms with Crippen molar-refractivity contribution in [3.63, 3.8) is 0 Å². The van der Waals surface area contributed by atoms with E-state index in [0.29, 0.717) is 5.69 Å². The van der Waals surface area contributed by atoms with Gasteiger partial charge in [-0.25, -0.2) is 0 Å². The van der Waals surface area contributed by atoms with Crippen molar-refractivity contribution in [1.29, 1.82) is 0 Å². The Morgan fingerprint density at radius 3 is 2.81 bits per heavy atom. The highest BCUT2D eigenvalue weighted by Crippen LogP contribution is 2.22. The second-order valence-corrected chi connectivity index (χ2v) is 3.91. The van der Waals surface area contributed by atoms with Gasteiger partial charge in [0.15, 0.2) is 0 Å². The Hall–Kier alpha value is -1.42. The van der Waals surface area contributed by atoms with Gasteiger partial charge in [0.05, 0.1) is 13.2 Å². The summed E-state index contributed by atoms with van der Waals surface area (Å²) >= 11 is 0. The molecule has 4 nitrogen and oxygen atoms in total. The molecule has 1 unspecified atom stereocenters. The predicted octanol–water partition coefficient (Wildman–Crippen LogP) is 1.85. The number of rotatable bonds is 6. The first-order chi connectivity index (χ1) is 7.61. The molecule has 0 fully saturated rings. The summed E-state index contributed by atoms with van der Waals surface area (Å²) in [5.41, 5.74) is 7.35. The van der Waals surface area contributed by atoms with E-state index in [1.807, 2.05) is 12.1 Å². The van der Waals surface area contributed by atoms with Gasteiger partial charge in [0.2, 0.25) is 0 Å². The molecule has 4 N–H and O–H groups in total. The maximum Gasteiger partial charge on any atom is 0.122 e.